The molecule has 21 heavy (non-hydrogen) atoms. The van der Waals surface area contributed by atoms with E-state index in [1.807, 2.05) is 4.90 Å². The van der Waals surface area contributed by atoms with E-state index in [2.05, 4.69) is 6.92 Å². The second-order valence-corrected chi connectivity index (χ2v) is 7.22. The quantitative estimate of drug-likeness (QED) is 0.752. The Labute approximate surface area is 127 Å². The summed E-state index contributed by atoms with van der Waals surface area (Å²) in [6.45, 7) is 2.81. The number of likely N-dealkylation sites (tertiary alicyclic amines) is 1. The van der Waals surface area contributed by atoms with Gasteiger partial charge in [-0.1, -0.05) is 26.2 Å². The van der Waals surface area contributed by atoms with Gasteiger partial charge in [0.2, 0.25) is 5.91 Å². The fraction of sp³-hybridized carbons (Fsp3) is 0.882. The maximum absolute atomic E-state index is 12.3. The average Bonchev–Trinajstić information content (AvgIpc) is 3.07. The minimum atomic E-state index is -0.227. The van der Waals surface area contributed by atoms with Gasteiger partial charge in [-0.05, 0) is 38.0 Å². The Balaban J connectivity index is 1.52. The molecule has 4 nitrogen and oxygen atoms in total. The normalized spacial score (nSPS) is 34.4. The highest BCUT2D eigenvalue weighted by Crippen LogP contribution is 2.31. The number of hydrogen-bond donors (Lipinski definition) is 0. The summed E-state index contributed by atoms with van der Waals surface area (Å²) in [6.07, 6.45) is 9.44. The molecular formula is C17H27NO3. The third-order valence-corrected chi connectivity index (χ3v) is 5.43. The van der Waals surface area contributed by atoms with E-state index in [-0.39, 0.29) is 23.9 Å². The first-order chi connectivity index (χ1) is 10.1. The molecule has 4 heteroatoms. The topological polar surface area (TPSA) is 46.6 Å². The van der Waals surface area contributed by atoms with Crippen LogP contribution >= 0.6 is 0 Å². The molecule has 3 fully saturated rings. The summed E-state index contributed by atoms with van der Waals surface area (Å²) >= 11 is 0. The lowest BCUT2D eigenvalue weighted by atomic mass is 9.88. The largest absolute Gasteiger partial charge is 0.462 e. The van der Waals surface area contributed by atoms with Crippen LogP contribution < -0.4 is 0 Å². The first kappa shape index (κ1) is 14.9. The number of carbonyl (C=O) groups excluding carboxylic acids is 2. The van der Waals surface area contributed by atoms with Gasteiger partial charge < -0.3 is 9.64 Å². The predicted octanol–water partition coefficient (Wildman–Crippen LogP) is 2.90. The SMILES string of the molecule is CC1CCCC(OC(=O)C2CC(=O)N(C3CCCC3)C2)C1. The van der Waals surface area contributed by atoms with Gasteiger partial charge in [0.15, 0.2) is 0 Å². The highest BCUT2D eigenvalue weighted by atomic mass is 16.5. The van der Waals surface area contributed by atoms with Crippen molar-refractivity contribution in [2.45, 2.75) is 76.9 Å². The molecule has 118 valence electrons. The molecule has 2 saturated carbocycles. The lowest BCUT2D eigenvalue weighted by Gasteiger charge is -2.27. The van der Waals surface area contributed by atoms with Crippen LogP contribution in [0.15, 0.2) is 0 Å². The second-order valence-electron chi connectivity index (χ2n) is 7.22. The Morgan fingerprint density at radius 2 is 1.90 bits per heavy atom. The highest BCUT2D eigenvalue weighted by molar-refractivity contribution is 5.87. The molecule has 1 saturated heterocycles. The minimum Gasteiger partial charge on any atom is -0.462 e. The van der Waals surface area contributed by atoms with E-state index >= 15 is 0 Å². The number of hydrogen-bond acceptors (Lipinski definition) is 3. The van der Waals surface area contributed by atoms with Gasteiger partial charge in [-0.25, -0.2) is 0 Å². The second kappa shape index (κ2) is 6.37. The van der Waals surface area contributed by atoms with Crippen LogP contribution in [-0.2, 0) is 14.3 Å². The van der Waals surface area contributed by atoms with Gasteiger partial charge in [-0.2, -0.15) is 0 Å². The van der Waals surface area contributed by atoms with Gasteiger partial charge in [-0.15, -0.1) is 0 Å². The van der Waals surface area contributed by atoms with Crippen LogP contribution in [0.2, 0.25) is 0 Å². The molecule has 0 N–H and O–H groups in total. The lowest BCUT2D eigenvalue weighted by molar-refractivity contribution is -0.156. The molecule has 0 radical (unpaired) electrons. The zero-order valence-electron chi connectivity index (χ0n) is 13.1. The van der Waals surface area contributed by atoms with Crippen molar-refractivity contribution in [3.8, 4) is 0 Å². The summed E-state index contributed by atoms with van der Waals surface area (Å²) in [7, 11) is 0. The molecule has 3 rings (SSSR count). The zero-order valence-corrected chi connectivity index (χ0v) is 13.1. The molecule has 0 spiro atoms. The van der Waals surface area contributed by atoms with Crippen molar-refractivity contribution in [2.75, 3.05) is 6.54 Å². The summed E-state index contributed by atoms with van der Waals surface area (Å²) < 4.78 is 5.69. The maximum atomic E-state index is 12.3. The Kier molecular flexibility index (Phi) is 4.51. The van der Waals surface area contributed by atoms with E-state index in [1.165, 1.54) is 19.3 Å². The molecule has 0 aromatic carbocycles. The first-order valence-corrected chi connectivity index (χ1v) is 8.63. The summed E-state index contributed by atoms with van der Waals surface area (Å²) in [6, 6.07) is 0.380. The number of carbonyl (C=O) groups is 2. The van der Waals surface area contributed by atoms with Gasteiger partial charge in [0.1, 0.15) is 6.10 Å². The smallest absolute Gasteiger partial charge is 0.311 e. The van der Waals surface area contributed by atoms with E-state index in [0.29, 0.717) is 24.9 Å². The summed E-state index contributed by atoms with van der Waals surface area (Å²) in [5.41, 5.74) is 0. The maximum Gasteiger partial charge on any atom is 0.311 e. The van der Waals surface area contributed by atoms with Crippen molar-refractivity contribution < 1.29 is 14.3 Å². The van der Waals surface area contributed by atoms with Crippen LogP contribution in [0.5, 0.6) is 0 Å². The average molecular weight is 293 g/mol. The van der Waals surface area contributed by atoms with Crippen LogP contribution in [0, 0.1) is 11.8 Å². The zero-order chi connectivity index (χ0) is 14.8. The molecule has 3 atom stereocenters. The fourth-order valence-electron chi connectivity index (χ4n) is 4.20. The van der Waals surface area contributed by atoms with Crippen molar-refractivity contribution in [1.29, 1.82) is 0 Å². The Morgan fingerprint density at radius 1 is 1.14 bits per heavy atom. The van der Waals surface area contributed by atoms with Gasteiger partial charge >= 0.3 is 5.97 Å². The molecule has 0 aromatic rings. The highest BCUT2D eigenvalue weighted by Gasteiger charge is 2.40. The Morgan fingerprint density at radius 3 is 2.62 bits per heavy atom. The van der Waals surface area contributed by atoms with E-state index in [0.717, 1.165) is 32.1 Å². The first-order valence-electron chi connectivity index (χ1n) is 8.63. The molecule has 0 bridgehead atoms. The van der Waals surface area contributed by atoms with Crippen molar-refractivity contribution in [3.63, 3.8) is 0 Å². The molecule has 2 aliphatic carbocycles. The molecule has 1 aliphatic heterocycles. The van der Waals surface area contributed by atoms with Crippen molar-refractivity contribution in [1.82, 2.24) is 4.90 Å². The van der Waals surface area contributed by atoms with Crippen molar-refractivity contribution in [3.05, 3.63) is 0 Å². The molecule has 0 aromatic heterocycles. The van der Waals surface area contributed by atoms with Gasteiger partial charge in [-0.3, -0.25) is 9.59 Å². The van der Waals surface area contributed by atoms with Gasteiger partial charge in [0.05, 0.1) is 5.92 Å². The van der Waals surface area contributed by atoms with E-state index in [4.69, 9.17) is 4.74 Å². The van der Waals surface area contributed by atoms with Crippen LogP contribution in [-0.4, -0.2) is 35.5 Å². The van der Waals surface area contributed by atoms with Crippen molar-refractivity contribution in [2.24, 2.45) is 11.8 Å². The van der Waals surface area contributed by atoms with Gasteiger partial charge in [0, 0.05) is 19.0 Å². The monoisotopic (exact) mass is 293 g/mol. The van der Waals surface area contributed by atoms with Gasteiger partial charge in [0.25, 0.3) is 0 Å². The van der Waals surface area contributed by atoms with Crippen LogP contribution in [0.3, 0.4) is 0 Å². The Hall–Kier alpha value is -1.06. The van der Waals surface area contributed by atoms with Crippen molar-refractivity contribution >= 4 is 11.9 Å². The molecule has 1 heterocycles. The number of amides is 1. The van der Waals surface area contributed by atoms with Crippen LogP contribution in [0.1, 0.15) is 64.7 Å². The third-order valence-electron chi connectivity index (χ3n) is 5.43. The standard InChI is InChI=1S/C17H27NO3/c1-12-5-4-8-15(9-12)21-17(20)13-10-16(19)18(11-13)14-6-2-3-7-14/h12-15H,2-11H2,1H3. The molecular weight excluding hydrogens is 266 g/mol. The molecule has 3 unspecified atom stereocenters. The third kappa shape index (κ3) is 3.41. The molecule has 3 aliphatic rings. The number of nitrogens with zero attached hydrogens (tertiary/aromatic N) is 1. The number of ether oxygens (including phenoxy) is 1. The predicted molar refractivity (Wildman–Crippen MR) is 79.6 cm³/mol. The van der Waals surface area contributed by atoms with E-state index in [9.17, 15) is 9.59 Å². The van der Waals surface area contributed by atoms with E-state index < -0.39 is 0 Å². The summed E-state index contributed by atoms with van der Waals surface area (Å²) in [4.78, 5) is 26.4. The molecule has 1 amide bonds. The number of rotatable bonds is 3. The lowest BCUT2D eigenvalue weighted by Crippen LogP contribution is -2.35. The summed E-state index contributed by atoms with van der Waals surface area (Å²) in [5.74, 6) is 0.441. The number of esters is 1. The Bertz CT molecular complexity index is 403. The van der Waals surface area contributed by atoms with Crippen LogP contribution in [0.25, 0.3) is 0 Å². The van der Waals surface area contributed by atoms with E-state index in [1.54, 1.807) is 0 Å². The van der Waals surface area contributed by atoms with Crippen LogP contribution in [0.4, 0.5) is 0 Å². The summed E-state index contributed by atoms with van der Waals surface area (Å²) in [5, 5.41) is 0. The minimum absolute atomic E-state index is 0.0804. The fourth-order valence-corrected chi connectivity index (χ4v) is 4.20.